The van der Waals surface area contributed by atoms with E-state index >= 15 is 0 Å². The van der Waals surface area contributed by atoms with Crippen LogP contribution < -0.4 is 10.6 Å². The summed E-state index contributed by atoms with van der Waals surface area (Å²) < 4.78 is 7.20. The molecule has 0 spiro atoms. The molecule has 1 aliphatic carbocycles. The molecule has 158 valence electrons. The molecule has 2 N–H and O–H groups in total. The summed E-state index contributed by atoms with van der Waals surface area (Å²) >= 11 is 0. The van der Waals surface area contributed by atoms with Gasteiger partial charge in [0.1, 0.15) is 0 Å². The quantitative estimate of drug-likeness (QED) is 0.503. The highest BCUT2D eigenvalue weighted by Gasteiger charge is 2.38. The molecular formula is C23H35N5O. The summed E-state index contributed by atoms with van der Waals surface area (Å²) in [7, 11) is 1.72. The van der Waals surface area contributed by atoms with Crippen molar-refractivity contribution in [3.8, 4) is 0 Å². The third-order valence-electron chi connectivity index (χ3n) is 6.07. The zero-order valence-electron chi connectivity index (χ0n) is 18.3. The van der Waals surface area contributed by atoms with Crippen molar-refractivity contribution in [2.45, 2.75) is 58.5 Å². The number of aliphatic imine (C=N–C) groups is 1. The molecule has 1 fully saturated rings. The summed E-state index contributed by atoms with van der Waals surface area (Å²) in [4.78, 5) is 4.86. The number of aryl methyl sites for hydroxylation is 1. The van der Waals surface area contributed by atoms with Gasteiger partial charge in [-0.3, -0.25) is 4.68 Å². The lowest BCUT2D eigenvalue weighted by molar-refractivity contribution is 0.182. The summed E-state index contributed by atoms with van der Waals surface area (Å²) in [6, 6.07) is 10.9. The first-order chi connectivity index (χ1) is 14.1. The maximum Gasteiger partial charge on any atom is 0.191 e. The zero-order chi connectivity index (χ0) is 20.7. The molecular weight excluding hydrogens is 362 g/mol. The number of benzene rings is 1. The van der Waals surface area contributed by atoms with E-state index in [4.69, 9.17) is 9.73 Å². The van der Waals surface area contributed by atoms with E-state index in [9.17, 15) is 0 Å². The summed E-state index contributed by atoms with van der Waals surface area (Å²) in [6.07, 6.45) is 3.76. The fourth-order valence-corrected chi connectivity index (χ4v) is 4.07. The van der Waals surface area contributed by atoms with E-state index in [0.29, 0.717) is 13.2 Å². The average Bonchev–Trinajstić information content (AvgIpc) is 2.97. The number of hydrogen-bond acceptors (Lipinski definition) is 3. The van der Waals surface area contributed by atoms with Gasteiger partial charge in [-0.1, -0.05) is 36.8 Å². The molecule has 1 aliphatic rings. The average molecular weight is 398 g/mol. The first-order valence-corrected chi connectivity index (χ1v) is 10.7. The molecule has 1 aromatic heterocycles. The Balaban J connectivity index is 1.68. The molecule has 3 rings (SSSR count). The van der Waals surface area contributed by atoms with Crippen LogP contribution in [0.1, 0.15) is 48.7 Å². The van der Waals surface area contributed by atoms with E-state index in [1.165, 1.54) is 36.1 Å². The second-order valence-corrected chi connectivity index (χ2v) is 7.91. The number of nitrogens with zero attached hydrogens (tertiary/aromatic N) is 3. The van der Waals surface area contributed by atoms with Gasteiger partial charge in [0.15, 0.2) is 5.96 Å². The molecule has 0 bridgehead atoms. The maximum absolute atomic E-state index is 5.19. The molecule has 1 saturated carbocycles. The number of nitrogens with one attached hydrogen (secondary N) is 2. The topological polar surface area (TPSA) is 63.5 Å². The standard InChI is InChI=1S/C23H35N5O/c1-5-24-22(25-16-21-18(2)27-28(19(21)3)14-15-29-4)26-17-23(12-9-13-23)20-10-7-6-8-11-20/h6-8,10-11H,5,9,12-17H2,1-4H3,(H2,24,25,26). The first kappa shape index (κ1) is 21.4. The van der Waals surface area contributed by atoms with Gasteiger partial charge in [-0.2, -0.15) is 5.10 Å². The molecule has 1 heterocycles. The van der Waals surface area contributed by atoms with Gasteiger partial charge >= 0.3 is 0 Å². The van der Waals surface area contributed by atoms with Crippen molar-refractivity contribution >= 4 is 5.96 Å². The molecule has 6 nitrogen and oxygen atoms in total. The van der Waals surface area contributed by atoms with Crippen LogP contribution in [0.2, 0.25) is 0 Å². The molecule has 1 aromatic carbocycles. The third-order valence-corrected chi connectivity index (χ3v) is 6.07. The minimum absolute atomic E-state index is 0.230. The highest BCUT2D eigenvalue weighted by molar-refractivity contribution is 5.80. The van der Waals surface area contributed by atoms with Crippen LogP contribution in [0.15, 0.2) is 35.3 Å². The minimum atomic E-state index is 0.230. The lowest BCUT2D eigenvalue weighted by Gasteiger charge is -2.43. The van der Waals surface area contributed by atoms with Gasteiger partial charge in [-0.25, -0.2) is 4.99 Å². The van der Waals surface area contributed by atoms with Crippen LogP contribution in [0, 0.1) is 13.8 Å². The van der Waals surface area contributed by atoms with Crippen molar-refractivity contribution in [2.24, 2.45) is 4.99 Å². The molecule has 0 aliphatic heterocycles. The fourth-order valence-electron chi connectivity index (χ4n) is 4.07. The SMILES string of the molecule is CCNC(=NCc1c(C)nn(CCOC)c1C)NCC1(c2ccccc2)CCC1. The largest absolute Gasteiger partial charge is 0.383 e. The van der Waals surface area contributed by atoms with Crippen LogP contribution in [0.5, 0.6) is 0 Å². The number of methoxy groups -OCH3 is 1. The third kappa shape index (κ3) is 4.99. The van der Waals surface area contributed by atoms with Crippen LogP contribution >= 0.6 is 0 Å². The molecule has 2 aromatic rings. The van der Waals surface area contributed by atoms with Gasteiger partial charge in [0.25, 0.3) is 0 Å². The van der Waals surface area contributed by atoms with Gasteiger partial charge in [0.05, 0.1) is 25.4 Å². The molecule has 6 heteroatoms. The molecule has 0 radical (unpaired) electrons. The second kappa shape index (κ2) is 9.92. The smallest absolute Gasteiger partial charge is 0.191 e. The van der Waals surface area contributed by atoms with Gasteiger partial charge in [-0.15, -0.1) is 0 Å². The monoisotopic (exact) mass is 397 g/mol. The lowest BCUT2D eigenvalue weighted by Crippen LogP contribution is -2.48. The Morgan fingerprint density at radius 3 is 2.59 bits per heavy atom. The summed E-state index contributed by atoms with van der Waals surface area (Å²) in [5.74, 6) is 0.873. The second-order valence-electron chi connectivity index (χ2n) is 7.91. The van der Waals surface area contributed by atoms with Crippen molar-refractivity contribution in [1.29, 1.82) is 0 Å². The number of rotatable bonds is 9. The number of hydrogen-bond donors (Lipinski definition) is 2. The van der Waals surface area contributed by atoms with E-state index in [-0.39, 0.29) is 5.41 Å². The highest BCUT2D eigenvalue weighted by atomic mass is 16.5. The van der Waals surface area contributed by atoms with E-state index in [1.54, 1.807) is 7.11 Å². The van der Waals surface area contributed by atoms with Gasteiger partial charge in [0.2, 0.25) is 0 Å². The van der Waals surface area contributed by atoms with E-state index < -0.39 is 0 Å². The zero-order valence-corrected chi connectivity index (χ0v) is 18.3. The van der Waals surface area contributed by atoms with Gasteiger partial charge in [-0.05, 0) is 39.2 Å². The number of aromatic nitrogens is 2. The van der Waals surface area contributed by atoms with Crippen molar-refractivity contribution in [1.82, 2.24) is 20.4 Å². The lowest BCUT2D eigenvalue weighted by atomic mass is 9.64. The molecule has 29 heavy (non-hydrogen) atoms. The fraction of sp³-hybridized carbons (Fsp3) is 0.565. The maximum atomic E-state index is 5.19. The van der Waals surface area contributed by atoms with E-state index in [1.807, 2.05) is 4.68 Å². The Bertz CT molecular complexity index is 808. The molecule has 0 amide bonds. The Kier molecular flexibility index (Phi) is 7.31. The van der Waals surface area contributed by atoms with Gasteiger partial charge < -0.3 is 15.4 Å². The van der Waals surface area contributed by atoms with Gasteiger partial charge in [0, 0.05) is 36.9 Å². The van der Waals surface area contributed by atoms with Crippen molar-refractivity contribution in [3.05, 3.63) is 52.8 Å². The van der Waals surface area contributed by atoms with Crippen molar-refractivity contribution in [3.63, 3.8) is 0 Å². The Hall–Kier alpha value is -2.34. The minimum Gasteiger partial charge on any atom is -0.383 e. The summed E-state index contributed by atoms with van der Waals surface area (Å²) in [5.41, 5.74) is 5.06. The normalized spacial score (nSPS) is 15.8. The predicted molar refractivity (Wildman–Crippen MR) is 118 cm³/mol. The summed E-state index contributed by atoms with van der Waals surface area (Å²) in [5, 5.41) is 11.6. The Morgan fingerprint density at radius 2 is 1.97 bits per heavy atom. The molecule has 0 unspecified atom stereocenters. The van der Waals surface area contributed by atoms with Crippen molar-refractivity contribution < 1.29 is 4.74 Å². The van der Waals surface area contributed by atoms with Crippen LogP contribution in [-0.2, 0) is 23.2 Å². The van der Waals surface area contributed by atoms with Crippen molar-refractivity contribution in [2.75, 3.05) is 26.8 Å². The molecule has 0 atom stereocenters. The Labute approximate surface area is 174 Å². The molecule has 0 saturated heterocycles. The predicted octanol–water partition coefficient (Wildman–Crippen LogP) is 3.32. The highest BCUT2D eigenvalue weighted by Crippen LogP contribution is 2.43. The van der Waals surface area contributed by atoms with E-state index in [0.717, 1.165) is 31.3 Å². The number of guanidine groups is 1. The Morgan fingerprint density at radius 1 is 1.21 bits per heavy atom. The van der Waals surface area contributed by atoms with Crippen LogP contribution in [-0.4, -0.2) is 42.5 Å². The first-order valence-electron chi connectivity index (χ1n) is 10.7. The van der Waals surface area contributed by atoms with Crippen LogP contribution in [0.25, 0.3) is 0 Å². The van der Waals surface area contributed by atoms with Crippen LogP contribution in [0.4, 0.5) is 0 Å². The van der Waals surface area contributed by atoms with E-state index in [2.05, 4.69) is 66.8 Å². The number of ether oxygens (including phenoxy) is 1. The van der Waals surface area contributed by atoms with Crippen LogP contribution in [0.3, 0.4) is 0 Å². The summed E-state index contributed by atoms with van der Waals surface area (Å²) in [6.45, 7) is 10.1.